The number of hydrogen-bond acceptors (Lipinski definition) is 7. The van der Waals surface area contributed by atoms with Gasteiger partial charge in [-0.3, -0.25) is 14.6 Å². The average molecular weight is 557 g/mol. The van der Waals surface area contributed by atoms with Crippen molar-refractivity contribution in [1.82, 2.24) is 20.3 Å². The Morgan fingerprint density at radius 2 is 1.89 bits per heavy atom. The summed E-state index contributed by atoms with van der Waals surface area (Å²) in [5.41, 5.74) is 0.0784. The van der Waals surface area contributed by atoms with Crippen LogP contribution in [-0.2, 0) is 11.0 Å². The predicted molar refractivity (Wildman–Crippen MR) is 132 cm³/mol. The van der Waals surface area contributed by atoms with Crippen LogP contribution in [0.1, 0.15) is 38.8 Å². The first-order chi connectivity index (χ1) is 17.0. The Morgan fingerprint density at radius 3 is 2.56 bits per heavy atom. The van der Waals surface area contributed by atoms with Crippen molar-refractivity contribution in [3.05, 3.63) is 80.1 Å². The minimum atomic E-state index is -4.70. The van der Waals surface area contributed by atoms with E-state index in [2.05, 4.69) is 30.6 Å². The summed E-state index contributed by atoms with van der Waals surface area (Å²) in [5.74, 6) is -1.46. The lowest BCUT2D eigenvalue weighted by molar-refractivity contribution is -0.137. The molecule has 3 rings (SSSR count). The number of nitrogens with one attached hydrogen (secondary N) is 2. The van der Waals surface area contributed by atoms with Gasteiger partial charge >= 0.3 is 6.18 Å². The average Bonchev–Trinajstić information content (AvgIpc) is 3.31. The van der Waals surface area contributed by atoms with Crippen molar-refractivity contribution in [2.45, 2.75) is 19.1 Å². The fraction of sp³-hybridized carbons (Fsp3) is 0.182. The maximum atomic E-state index is 13.0. The summed E-state index contributed by atoms with van der Waals surface area (Å²) in [7, 11) is 1.57. The van der Waals surface area contributed by atoms with Crippen LogP contribution >= 0.6 is 34.5 Å². The van der Waals surface area contributed by atoms with E-state index in [9.17, 15) is 22.8 Å². The van der Waals surface area contributed by atoms with Crippen molar-refractivity contribution in [3.8, 4) is 0 Å². The summed E-state index contributed by atoms with van der Waals surface area (Å²) >= 11 is 12.4. The first-order valence-electron chi connectivity index (χ1n) is 10.0. The van der Waals surface area contributed by atoms with Crippen LogP contribution in [0.4, 0.5) is 19.0 Å². The molecule has 0 aromatic carbocycles. The van der Waals surface area contributed by atoms with Crippen LogP contribution in [0.25, 0.3) is 0 Å². The van der Waals surface area contributed by atoms with E-state index < -0.39 is 34.6 Å². The number of thiazole rings is 1. The lowest BCUT2D eigenvalue weighted by atomic mass is 10.1. The molecule has 8 nitrogen and oxygen atoms in total. The number of aromatic nitrogens is 3. The summed E-state index contributed by atoms with van der Waals surface area (Å²) in [6, 6.07) is 3.40. The maximum absolute atomic E-state index is 13.0. The third-order valence-corrected chi connectivity index (χ3v) is 6.22. The molecule has 3 aromatic heterocycles. The lowest BCUT2D eigenvalue weighted by Gasteiger charge is -2.10. The highest BCUT2D eigenvalue weighted by Crippen LogP contribution is 2.35. The van der Waals surface area contributed by atoms with Crippen molar-refractivity contribution >= 4 is 57.9 Å². The molecular formula is C22H17Cl2F3N6O2S. The zero-order valence-corrected chi connectivity index (χ0v) is 20.9. The molecule has 0 aliphatic carbocycles. The van der Waals surface area contributed by atoms with Crippen molar-refractivity contribution in [2.24, 2.45) is 4.99 Å². The number of hydrogen-bond donors (Lipinski definition) is 2. The maximum Gasteiger partial charge on any atom is 0.418 e. The van der Waals surface area contributed by atoms with Crippen LogP contribution in [0.2, 0.25) is 10.2 Å². The third-order valence-electron chi connectivity index (χ3n) is 4.53. The second-order valence-corrected chi connectivity index (χ2v) is 8.96. The smallest absolute Gasteiger partial charge is 0.344 e. The van der Waals surface area contributed by atoms with Gasteiger partial charge in [-0.15, -0.1) is 11.3 Å². The summed E-state index contributed by atoms with van der Waals surface area (Å²) in [5, 5.41) is 5.12. The van der Waals surface area contributed by atoms with Crippen molar-refractivity contribution in [2.75, 3.05) is 12.4 Å². The van der Waals surface area contributed by atoms with Gasteiger partial charge in [0.05, 0.1) is 28.5 Å². The molecule has 0 saturated carbocycles. The Labute approximate surface area is 217 Å². The lowest BCUT2D eigenvalue weighted by Crippen LogP contribution is -2.24. The minimum Gasteiger partial charge on any atom is -0.344 e. The molecule has 3 aromatic rings. The molecule has 36 heavy (non-hydrogen) atoms. The van der Waals surface area contributed by atoms with E-state index in [0.717, 1.165) is 17.5 Å². The molecule has 0 spiro atoms. The quantitative estimate of drug-likeness (QED) is 0.231. The van der Waals surface area contributed by atoms with Crippen molar-refractivity contribution < 1.29 is 22.8 Å². The van der Waals surface area contributed by atoms with Crippen LogP contribution in [0.15, 0.2) is 53.9 Å². The second-order valence-electron chi connectivity index (χ2n) is 7.10. The summed E-state index contributed by atoms with van der Waals surface area (Å²) < 4.78 is 39.1. The molecule has 1 atom stereocenters. The normalized spacial score (nSPS) is 13.0. The molecule has 0 bridgehead atoms. The van der Waals surface area contributed by atoms with E-state index in [1.165, 1.54) is 24.5 Å². The Balaban J connectivity index is 1.63. The summed E-state index contributed by atoms with van der Waals surface area (Å²) in [4.78, 5) is 40.8. The van der Waals surface area contributed by atoms with E-state index in [1.807, 2.05) is 0 Å². The van der Waals surface area contributed by atoms with Crippen molar-refractivity contribution in [3.63, 3.8) is 0 Å². The van der Waals surface area contributed by atoms with E-state index in [0.29, 0.717) is 22.3 Å². The van der Waals surface area contributed by atoms with E-state index in [-0.39, 0.29) is 15.8 Å². The van der Waals surface area contributed by atoms with Crippen LogP contribution in [0.5, 0.6) is 0 Å². The molecule has 2 amide bonds. The van der Waals surface area contributed by atoms with Crippen LogP contribution in [-0.4, -0.2) is 39.5 Å². The van der Waals surface area contributed by atoms with Crippen LogP contribution in [0.3, 0.4) is 0 Å². The SMILES string of the molecule is C/N=C(\C=C\C(=O)NC(C)c1ncc(C(=O)Nc2cc(C(F)(F)F)c(Cl)cn2)s1)c1ccnc(Cl)c1. The molecule has 0 aliphatic rings. The minimum absolute atomic E-state index is 0.113. The highest BCUT2D eigenvalue weighted by Gasteiger charge is 2.34. The Morgan fingerprint density at radius 1 is 1.14 bits per heavy atom. The zero-order valence-electron chi connectivity index (χ0n) is 18.6. The number of amides is 2. The van der Waals surface area contributed by atoms with Crippen LogP contribution in [0, 0.1) is 0 Å². The third kappa shape index (κ3) is 7.09. The van der Waals surface area contributed by atoms with E-state index in [4.69, 9.17) is 23.2 Å². The summed E-state index contributed by atoms with van der Waals surface area (Å²) in [6.45, 7) is 1.67. The standard InChI is InChI=1S/C22H17Cl2F3N6O2S/c1-11(32-19(34)4-3-15(28-2)12-5-6-29-17(24)7-12)21-31-10-16(36-21)20(35)33-18-8-13(22(25,26)27)14(23)9-30-18/h3-11H,1-2H3,(H,32,34)(H,30,33,35)/b4-3+,28-15+. The molecule has 0 aliphatic heterocycles. The second kappa shape index (κ2) is 11.6. The molecule has 3 heterocycles. The molecule has 2 N–H and O–H groups in total. The predicted octanol–water partition coefficient (Wildman–Crippen LogP) is 5.36. The Bertz CT molecular complexity index is 1340. The van der Waals surface area contributed by atoms with E-state index in [1.54, 1.807) is 26.1 Å². The Hall–Kier alpha value is -3.35. The number of alkyl halides is 3. The Kier molecular flexibility index (Phi) is 8.77. The number of pyridine rings is 2. The number of rotatable bonds is 7. The first kappa shape index (κ1) is 27.2. The summed E-state index contributed by atoms with van der Waals surface area (Å²) in [6.07, 6.45) is 1.69. The van der Waals surface area contributed by atoms with Gasteiger partial charge in [0.2, 0.25) is 5.91 Å². The van der Waals surface area contributed by atoms with Crippen LogP contribution < -0.4 is 10.6 Å². The van der Waals surface area contributed by atoms with Gasteiger partial charge in [0.1, 0.15) is 20.9 Å². The number of carbonyl (C=O) groups is 2. The topological polar surface area (TPSA) is 109 Å². The molecule has 0 fully saturated rings. The van der Waals surface area contributed by atoms with E-state index >= 15 is 0 Å². The van der Waals surface area contributed by atoms with Gasteiger partial charge in [-0.25, -0.2) is 15.0 Å². The fourth-order valence-corrected chi connectivity index (χ4v) is 4.03. The van der Waals surface area contributed by atoms with Gasteiger partial charge in [-0.2, -0.15) is 13.2 Å². The monoisotopic (exact) mass is 556 g/mol. The van der Waals surface area contributed by atoms with Gasteiger partial charge in [0.15, 0.2) is 0 Å². The van der Waals surface area contributed by atoms with Gasteiger partial charge in [-0.05, 0) is 31.2 Å². The highest BCUT2D eigenvalue weighted by atomic mass is 35.5. The van der Waals surface area contributed by atoms with Gasteiger partial charge in [0, 0.05) is 31.1 Å². The highest BCUT2D eigenvalue weighted by molar-refractivity contribution is 7.13. The zero-order chi connectivity index (χ0) is 26.5. The van der Waals surface area contributed by atoms with Crippen molar-refractivity contribution in [1.29, 1.82) is 0 Å². The number of carbonyl (C=O) groups excluding carboxylic acids is 2. The molecule has 14 heteroatoms. The number of halogens is 5. The molecule has 0 saturated heterocycles. The number of allylic oxidation sites excluding steroid dienone is 1. The first-order valence-corrected chi connectivity index (χ1v) is 11.6. The number of aliphatic imine (C=N–C) groups is 1. The molecule has 188 valence electrons. The fourth-order valence-electron chi connectivity index (χ4n) is 2.83. The van der Waals surface area contributed by atoms with Gasteiger partial charge in [-0.1, -0.05) is 23.2 Å². The number of nitrogens with zero attached hydrogens (tertiary/aromatic N) is 4. The molecular weight excluding hydrogens is 540 g/mol. The molecule has 1 unspecified atom stereocenters. The van der Waals surface area contributed by atoms with Gasteiger partial charge < -0.3 is 10.6 Å². The van der Waals surface area contributed by atoms with Gasteiger partial charge in [0.25, 0.3) is 5.91 Å². The number of anilines is 1. The molecule has 0 radical (unpaired) electrons. The largest absolute Gasteiger partial charge is 0.418 e.